The van der Waals surface area contributed by atoms with Gasteiger partial charge in [-0.05, 0) is 12.1 Å². The van der Waals surface area contributed by atoms with Crippen molar-refractivity contribution in [3.05, 3.63) is 30.3 Å². The van der Waals surface area contributed by atoms with Gasteiger partial charge in [0.15, 0.2) is 0 Å². The number of azo groups is 1. The first-order chi connectivity index (χ1) is 5.83. The Morgan fingerprint density at radius 3 is 2.58 bits per heavy atom. The minimum absolute atomic E-state index is 0.0844. The normalized spacial score (nSPS) is 10.1. The summed E-state index contributed by atoms with van der Waals surface area (Å²) in [5.41, 5.74) is 5.80. The molecule has 0 saturated carbocycles. The number of benzene rings is 1. The van der Waals surface area contributed by atoms with E-state index in [4.69, 9.17) is 5.73 Å². The molecule has 0 aliphatic heterocycles. The zero-order valence-corrected chi connectivity index (χ0v) is 6.99. The number of nitrogens with two attached hydrogens (primary N) is 1. The third-order valence-corrected chi connectivity index (χ3v) is 1.36. The van der Waals surface area contributed by atoms with Crippen molar-refractivity contribution in [1.29, 1.82) is 0 Å². The van der Waals surface area contributed by atoms with E-state index in [1.807, 2.05) is 18.2 Å². The molecule has 0 atom stereocenters. The molecule has 2 N–H and O–H groups in total. The van der Waals surface area contributed by atoms with Crippen molar-refractivity contribution in [2.24, 2.45) is 16.0 Å². The van der Waals surface area contributed by atoms with Crippen molar-refractivity contribution in [2.75, 3.05) is 0 Å². The Balaban J connectivity index is 2.77. The van der Waals surface area contributed by atoms with Crippen LogP contribution in [0.1, 0.15) is 0 Å². The van der Waals surface area contributed by atoms with Crippen molar-refractivity contribution in [3.8, 4) is 0 Å². The van der Waals surface area contributed by atoms with Crippen LogP contribution in [0, 0.1) is 0 Å². The third-order valence-electron chi connectivity index (χ3n) is 1.11. The van der Waals surface area contributed by atoms with Crippen LogP contribution in [0.5, 0.6) is 0 Å². The quantitative estimate of drug-likeness (QED) is 0.519. The Labute approximate surface area is 73.2 Å². The van der Waals surface area contributed by atoms with E-state index in [-0.39, 0.29) is 16.4 Å². The van der Waals surface area contributed by atoms with Gasteiger partial charge in [-0.3, -0.25) is 5.73 Å². The average Bonchev–Trinajstić information content (AvgIpc) is 2.16. The average molecular weight is 181 g/mol. The summed E-state index contributed by atoms with van der Waals surface area (Å²) in [5.74, 6) is 0. The Morgan fingerprint density at radius 1 is 1.33 bits per heavy atom. The van der Waals surface area contributed by atoms with Crippen LogP contribution < -0.4 is 5.73 Å². The van der Waals surface area contributed by atoms with E-state index in [2.05, 4.69) is 10.2 Å². The standard InChI is InChI=1S/C7H7N3OS/c8-7(12-11)10-9-6-4-2-1-3-5-6/h1-5H,8H2. The summed E-state index contributed by atoms with van der Waals surface area (Å²) >= 11 is 0.128. The molecular weight excluding hydrogens is 174 g/mol. The van der Waals surface area contributed by atoms with Gasteiger partial charge in [0.05, 0.1) is 5.69 Å². The highest BCUT2D eigenvalue weighted by atomic mass is 32.1. The fourth-order valence-corrected chi connectivity index (χ4v) is 0.693. The maximum atomic E-state index is 10.1. The van der Waals surface area contributed by atoms with Gasteiger partial charge in [0.1, 0.15) is 11.3 Å². The Hall–Kier alpha value is -1.33. The van der Waals surface area contributed by atoms with Crippen LogP contribution in [0.2, 0.25) is 0 Å². The van der Waals surface area contributed by atoms with E-state index in [9.17, 15) is 4.21 Å². The van der Waals surface area contributed by atoms with Gasteiger partial charge in [-0.25, -0.2) is 4.21 Å². The highest BCUT2D eigenvalue weighted by molar-refractivity contribution is 7.66. The highest BCUT2D eigenvalue weighted by Crippen LogP contribution is 2.09. The number of nitrogens with zero attached hydrogens (tertiary/aromatic N) is 2. The Bertz CT molecular complexity index is 330. The molecule has 0 aromatic heterocycles. The second kappa shape index (κ2) is 4.53. The first-order valence-corrected chi connectivity index (χ1v) is 3.96. The lowest BCUT2D eigenvalue weighted by atomic mass is 10.3. The summed E-state index contributed by atoms with van der Waals surface area (Å²) < 4.78 is 10.1. The van der Waals surface area contributed by atoms with Gasteiger partial charge < -0.3 is 0 Å². The fourth-order valence-electron chi connectivity index (χ4n) is 0.618. The van der Waals surface area contributed by atoms with E-state index >= 15 is 0 Å². The van der Waals surface area contributed by atoms with Crippen LogP contribution in [-0.2, 0) is 11.3 Å². The van der Waals surface area contributed by atoms with E-state index < -0.39 is 0 Å². The molecule has 0 unspecified atom stereocenters. The molecule has 0 fully saturated rings. The molecule has 0 heterocycles. The second-order valence-corrected chi connectivity index (χ2v) is 2.54. The van der Waals surface area contributed by atoms with Crippen LogP contribution >= 0.6 is 0 Å². The van der Waals surface area contributed by atoms with E-state index in [1.165, 1.54) is 0 Å². The molecule has 0 bridgehead atoms. The smallest absolute Gasteiger partial charge is 0.220 e. The monoisotopic (exact) mass is 181 g/mol. The maximum Gasteiger partial charge on any atom is 0.220 e. The van der Waals surface area contributed by atoms with Gasteiger partial charge in [0.25, 0.3) is 0 Å². The van der Waals surface area contributed by atoms with Crippen LogP contribution in [0.4, 0.5) is 5.69 Å². The van der Waals surface area contributed by atoms with Gasteiger partial charge in [-0.15, -0.1) is 10.2 Å². The van der Waals surface area contributed by atoms with Crippen LogP contribution in [0.25, 0.3) is 0 Å². The zero-order valence-electron chi connectivity index (χ0n) is 6.18. The van der Waals surface area contributed by atoms with Crippen LogP contribution in [0.3, 0.4) is 0 Å². The van der Waals surface area contributed by atoms with Gasteiger partial charge in [-0.2, -0.15) is 0 Å². The fraction of sp³-hybridized carbons (Fsp3) is 0. The van der Waals surface area contributed by atoms with Crippen molar-refractivity contribution < 1.29 is 4.21 Å². The largest absolute Gasteiger partial charge is 0.274 e. The lowest BCUT2D eigenvalue weighted by molar-refractivity contribution is 0.700. The predicted molar refractivity (Wildman–Crippen MR) is 48.3 cm³/mol. The molecule has 0 saturated heterocycles. The molecule has 0 amide bonds. The van der Waals surface area contributed by atoms with E-state index in [0.717, 1.165) is 0 Å². The van der Waals surface area contributed by atoms with Crippen LogP contribution in [-0.4, -0.2) is 9.32 Å². The molecule has 1 rings (SSSR count). The lowest BCUT2D eigenvalue weighted by Crippen LogP contribution is -2.05. The predicted octanol–water partition coefficient (Wildman–Crippen LogP) is 1.03. The molecule has 0 spiro atoms. The molecule has 62 valence electrons. The SMILES string of the molecule is NC(N=Nc1ccccc1)=S=O. The van der Waals surface area contributed by atoms with Gasteiger partial charge >= 0.3 is 0 Å². The number of hydrogen-bond acceptors (Lipinski definition) is 2. The first-order valence-electron chi connectivity index (χ1n) is 3.22. The summed E-state index contributed by atoms with van der Waals surface area (Å²) in [7, 11) is 0. The second-order valence-electron chi connectivity index (χ2n) is 1.96. The van der Waals surface area contributed by atoms with Gasteiger partial charge in [-0.1, -0.05) is 18.2 Å². The van der Waals surface area contributed by atoms with E-state index in [0.29, 0.717) is 5.69 Å². The minimum Gasteiger partial charge on any atom is -0.274 e. The molecule has 5 heteroatoms. The van der Waals surface area contributed by atoms with Crippen molar-refractivity contribution >= 4 is 22.1 Å². The lowest BCUT2D eigenvalue weighted by Gasteiger charge is -1.87. The topological polar surface area (TPSA) is 67.8 Å². The zero-order chi connectivity index (χ0) is 8.81. The maximum absolute atomic E-state index is 10.1. The number of hydrogen-bond donors (Lipinski definition) is 1. The molecule has 12 heavy (non-hydrogen) atoms. The third kappa shape index (κ3) is 2.73. The summed E-state index contributed by atoms with van der Waals surface area (Å²) in [4.78, 5) is 0. The minimum atomic E-state index is -0.0844. The molecule has 0 aliphatic rings. The van der Waals surface area contributed by atoms with E-state index in [1.54, 1.807) is 12.1 Å². The Kier molecular flexibility index (Phi) is 3.31. The molecular formula is C7H7N3OS. The van der Waals surface area contributed by atoms with Gasteiger partial charge in [0.2, 0.25) is 5.11 Å². The summed E-state index contributed by atoms with van der Waals surface area (Å²) in [5, 5.41) is 7.12. The molecule has 1 aromatic carbocycles. The highest BCUT2D eigenvalue weighted by Gasteiger charge is 1.85. The first kappa shape index (κ1) is 8.76. The van der Waals surface area contributed by atoms with Crippen molar-refractivity contribution in [2.45, 2.75) is 0 Å². The number of rotatable bonds is 1. The van der Waals surface area contributed by atoms with Crippen molar-refractivity contribution in [1.82, 2.24) is 0 Å². The molecule has 0 radical (unpaired) electrons. The van der Waals surface area contributed by atoms with Crippen LogP contribution in [0.15, 0.2) is 40.6 Å². The van der Waals surface area contributed by atoms with Crippen molar-refractivity contribution in [3.63, 3.8) is 0 Å². The summed E-state index contributed by atoms with van der Waals surface area (Å²) in [6.07, 6.45) is 0. The summed E-state index contributed by atoms with van der Waals surface area (Å²) in [6, 6.07) is 9.07. The Morgan fingerprint density at radius 2 is 2.00 bits per heavy atom. The summed E-state index contributed by atoms with van der Waals surface area (Å²) in [6.45, 7) is 0. The molecule has 0 aliphatic carbocycles. The van der Waals surface area contributed by atoms with Gasteiger partial charge in [0, 0.05) is 0 Å². The molecule has 1 aromatic rings. The molecule has 4 nitrogen and oxygen atoms in total.